The normalized spacial score (nSPS) is 12.8. The Morgan fingerprint density at radius 3 is 1.71 bits per heavy atom. The zero-order valence-corrected chi connectivity index (χ0v) is 15.1. The SMILES string of the molecule is Cc1ccccc1P(C)CC(O)(c1ccccc1)c1ccccc1. The first-order valence-corrected chi connectivity index (χ1v) is 10.2. The summed E-state index contributed by atoms with van der Waals surface area (Å²) in [4.78, 5) is 0. The van der Waals surface area contributed by atoms with Crippen molar-refractivity contribution in [3.63, 3.8) is 0 Å². The van der Waals surface area contributed by atoms with Gasteiger partial charge in [-0.15, -0.1) is 0 Å². The molecule has 3 aromatic carbocycles. The highest BCUT2D eigenvalue weighted by Gasteiger charge is 2.33. The molecule has 0 fully saturated rings. The fourth-order valence-corrected chi connectivity index (χ4v) is 5.44. The average Bonchev–Trinajstić information content (AvgIpc) is 2.63. The minimum absolute atomic E-state index is 0.482. The van der Waals surface area contributed by atoms with Gasteiger partial charge in [0.05, 0.1) is 0 Å². The molecule has 2 heteroatoms. The van der Waals surface area contributed by atoms with Crippen molar-refractivity contribution in [1.29, 1.82) is 0 Å². The lowest BCUT2D eigenvalue weighted by Crippen LogP contribution is -2.32. The first-order chi connectivity index (χ1) is 11.6. The van der Waals surface area contributed by atoms with Crippen molar-refractivity contribution in [3.05, 3.63) is 102 Å². The third-order valence-corrected chi connectivity index (χ3v) is 6.75. The van der Waals surface area contributed by atoms with Gasteiger partial charge in [-0.05, 0) is 35.6 Å². The summed E-state index contributed by atoms with van der Waals surface area (Å²) >= 11 is 0. The highest BCUT2D eigenvalue weighted by Crippen LogP contribution is 2.42. The third-order valence-electron chi connectivity index (χ3n) is 4.50. The smallest absolute Gasteiger partial charge is 0.119 e. The second-order valence-electron chi connectivity index (χ2n) is 6.23. The molecule has 1 N–H and O–H groups in total. The summed E-state index contributed by atoms with van der Waals surface area (Å²) < 4.78 is 0. The summed E-state index contributed by atoms with van der Waals surface area (Å²) in [5, 5.41) is 13.1. The maximum atomic E-state index is 11.7. The van der Waals surface area contributed by atoms with Crippen LogP contribution >= 0.6 is 7.92 Å². The van der Waals surface area contributed by atoms with Crippen LogP contribution in [0.25, 0.3) is 0 Å². The Morgan fingerprint density at radius 1 is 0.750 bits per heavy atom. The van der Waals surface area contributed by atoms with Crippen molar-refractivity contribution in [2.45, 2.75) is 12.5 Å². The van der Waals surface area contributed by atoms with E-state index in [0.717, 1.165) is 11.1 Å². The molecule has 1 unspecified atom stereocenters. The molecule has 0 radical (unpaired) electrons. The lowest BCUT2D eigenvalue weighted by atomic mass is 9.88. The maximum absolute atomic E-state index is 11.7. The molecule has 0 saturated heterocycles. The van der Waals surface area contributed by atoms with E-state index in [1.165, 1.54) is 10.9 Å². The number of aryl methyl sites for hydroxylation is 1. The molecule has 1 atom stereocenters. The van der Waals surface area contributed by atoms with Gasteiger partial charge in [0.15, 0.2) is 0 Å². The molecule has 3 rings (SSSR count). The molecular formula is C22H23OP. The Hall–Kier alpha value is -1.95. The van der Waals surface area contributed by atoms with E-state index in [0.29, 0.717) is 6.16 Å². The first kappa shape index (κ1) is 16.9. The Morgan fingerprint density at radius 2 is 1.21 bits per heavy atom. The molecule has 0 aliphatic carbocycles. The van der Waals surface area contributed by atoms with Crippen LogP contribution in [0, 0.1) is 6.92 Å². The second kappa shape index (κ2) is 7.30. The van der Waals surface area contributed by atoms with Crippen LogP contribution in [0.3, 0.4) is 0 Å². The minimum Gasteiger partial charge on any atom is -0.380 e. The van der Waals surface area contributed by atoms with Crippen LogP contribution in [0.4, 0.5) is 0 Å². The monoisotopic (exact) mass is 334 g/mol. The Kier molecular flexibility index (Phi) is 5.14. The van der Waals surface area contributed by atoms with E-state index in [1.54, 1.807) is 0 Å². The van der Waals surface area contributed by atoms with E-state index in [1.807, 2.05) is 60.7 Å². The fourth-order valence-electron chi connectivity index (χ4n) is 3.20. The molecule has 24 heavy (non-hydrogen) atoms. The topological polar surface area (TPSA) is 20.2 Å². The predicted molar refractivity (Wildman–Crippen MR) is 104 cm³/mol. The number of aliphatic hydroxyl groups is 1. The molecule has 0 amide bonds. The molecule has 0 heterocycles. The van der Waals surface area contributed by atoms with Gasteiger partial charge >= 0.3 is 0 Å². The summed E-state index contributed by atoms with van der Waals surface area (Å²) in [6, 6.07) is 28.6. The van der Waals surface area contributed by atoms with E-state index in [9.17, 15) is 5.11 Å². The molecule has 0 aliphatic rings. The largest absolute Gasteiger partial charge is 0.380 e. The van der Waals surface area contributed by atoms with Crippen molar-refractivity contribution < 1.29 is 5.11 Å². The molecule has 3 aromatic rings. The highest BCUT2D eigenvalue weighted by atomic mass is 31.1. The quantitative estimate of drug-likeness (QED) is 0.672. The van der Waals surface area contributed by atoms with Crippen LogP contribution in [0.15, 0.2) is 84.9 Å². The molecule has 0 bridgehead atoms. The molecule has 1 nitrogen and oxygen atoms in total. The van der Waals surface area contributed by atoms with Gasteiger partial charge in [0.25, 0.3) is 0 Å². The molecule has 122 valence electrons. The Bertz CT molecular complexity index is 744. The predicted octanol–water partition coefficient (Wildman–Crippen LogP) is 4.67. The summed E-state index contributed by atoms with van der Waals surface area (Å²) in [6.45, 7) is 4.41. The summed E-state index contributed by atoms with van der Waals surface area (Å²) in [6.07, 6.45) is 0.710. The zero-order valence-electron chi connectivity index (χ0n) is 14.2. The van der Waals surface area contributed by atoms with E-state index in [2.05, 4.69) is 37.9 Å². The van der Waals surface area contributed by atoms with Gasteiger partial charge < -0.3 is 5.11 Å². The van der Waals surface area contributed by atoms with Gasteiger partial charge in [-0.3, -0.25) is 0 Å². The van der Waals surface area contributed by atoms with Crippen LogP contribution < -0.4 is 5.30 Å². The third kappa shape index (κ3) is 3.43. The van der Waals surface area contributed by atoms with Crippen LogP contribution in [0.5, 0.6) is 0 Å². The summed E-state index contributed by atoms with van der Waals surface area (Å²) in [5.41, 5.74) is 2.25. The van der Waals surface area contributed by atoms with Crippen LogP contribution in [-0.4, -0.2) is 17.9 Å². The van der Waals surface area contributed by atoms with Crippen LogP contribution in [-0.2, 0) is 5.60 Å². The van der Waals surface area contributed by atoms with Crippen molar-refractivity contribution in [3.8, 4) is 0 Å². The lowest BCUT2D eigenvalue weighted by Gasteiger charge is -2.33. The zero-order chi connectivity index (χ0) is 17.0. The van der Waals surface area contributed by atoms with E-state index < -0.39 is 13.5 Å². The van der Waals surface area contributed by atoms with Gasteiger partial charge in [-0.25, -0.2) is 0 Å². The highest BCUT2D eigenvalue weighted by molar-refractivity contribution is 7.65. The second-order valence-corrected chi connectivity index (χ2v) is 8.43. The minimum atomic E-state index is -0.967. The Balaban J connectivity index is 2.02. The molecular weight excluding hydrogens is 311 g/mol. The summed E-state index contributed by atoms with van der Waals surface area (Å²) in [7, 11) is -0.482. The fraction of sp³-hybridized carbons (Fsp3) is 0.182. The molecule has 0 spiro atoms. The number of hydrogen-bond acceptors (Lipinski definition) is 1. The number of benzene rings is 3. The molecule has 0 saturated carbocycles. The maximum Gasteiger partial charge on any atom is 0.119 e. The van der Waals surface area contributed by atoms with Crippen LogP contribution in [0.2, 0.25) is 0 Å². The average molecular weight is 334 g/mol. The van der Waals surface area contributed by atoms with Crippen molar-refractivity contribution in [2.24, 2.45) is 0 Å². The van der Waals surface area contributed by atoms with Gasteiger partial charge in [-0.2, -0.15) is 0 Å². The molecule has 0 aliphatic heterocycles. The summed E-state index contributed by atoms with van der Waals surface area (Å²) in [5.74, 6) is 0. The standard InChI is InChI=1S/C22H23OP/c1-18-11-9-10-16-21(18)24(2)17-22(23,19-12-5-3-6-13-19)20-14-7-4-8-15-20/h3-16,23H,17H2,1-2H3. The van der Waals surface area contributed by atoms with E-state index in [-0.39, 0.29) is 0 Å². The van der Waals surface area contributed by atoms with Gasteiger partial charge in [0, 0.05) is 6.16 Å². The molecule has 0 aromatic heterocycles. The van der Waals surface area contributed by atoms with E-state index in [4.69, 9.17) is 0 Å². The first-order valence-electron chi connectivity index (χ1n) is 8.21. The van der Waals surface area contributed by atoms with Crippen LogP contribution in [0.1, 0.15) is 16.7 Å². The number of rotatable bonds is 5. The van der Waals surface area contributed by atoms with Crippen molar-refractivity contribution in [2.75, 3.05) is 12.8 Å². The van der Waals surface area contributed by atoms with Gasteiger partial charge in [0.1, 0.15) is 5.60 Å². The van der Waals surface area contributed by atoms with Crippen molar-refractivity contribution in [1.82, 2.24) is 0 Å². The Labute approximate surface area is 145 Å². The van der Waals surface area contributed by atoms with Crippen molar-refractivity contribution >= 4 is 13.2 Å². The number of hydrogen-bond donors (Lipinski definition) is 1. The van der Waals surface area contributed by atoms with Gasteiger partial charge in [-0.1, -0.05) is 92.9 Å². The lowest BCUT2D eigenvalue weighted by molar-refractivity contribution is 0.107. The van der Waals surface area contributed by atoms with Gasteiger partial charge in [0.2, 0.25) is 0 Å². The van der Waals surface area contributed by atoms with E-state index >= 15 is 0 Å².